The summed E-state index contributed by atoms with van der Waals surface area (Å²) in [6.07, 6.45) is 3.20. The topological polar surface area (TPSA) is 55.6 Å². The first-order valence-electron chi connectivity index (χ1n) is 7.80. The molecule has 3 atom stereocenters. The number of amides is 1. The number of nitrogens with zero attached hydrogens (tertiary/aromatic N) is 1. The van der Waals surface area contributed by atoms with E-state index < -0.39 is 6.04 Å². The highest BCUT2D eigenvalue weighted by atomic mass is 32.1. The number of thiophene rings is 1. The molecule has 0 aromatic carbocycles. The monoisotopic (exact) mass is 310 g/mol. The largest absolute Gasteiger partial charge is 0.376 e. The van der Waals surface area contributed by atoms with Gasteiger partial charge in [0.1, 0.15) is 0 Å². The molecule has 0 spiro atoms. The number of hydrogen-bond donors (Lipinski definition) is 1. The van der Waals surface area contributed by atoms with Crippen LogP contribution < -0.4 is 5.73 Å². The molecule has 2 N–H and O–H groups in total. The van der Waals surface area contributed by atoms with Crippen LogP contribution in [0, 0.1) is 5.92 Å². The van der Waals surface area contributed by atoms with Gasteiger partial charge < -0.3 is 15.4 Å². The summed E-state index contributed by atoms with van der Waals surface area (Å²) in [4.78, 5) is 15.8. The van der Waals surface area contributed by atoms with Crippen molar-refractivity contribution in [3.05, 3.63) is 22.4 Å². The van der Waals surface area contributed by atoms with E-state index in [1.165, 1.54) is 4.88 Å². The van der Waals surface area contributed by atoms with Gasteiger partial charge in [-0.3, -0.25) is 4.79 Å². The van der Waals surface area contributed by atoms with Gasteiger partial charge in [0.05, 0.1) is 18.7 Å². The molecule has 1 aliphatic heterocycles. The molecule has 1 fully saturated rings. The van der Waals surface area contributed by atoms with Gasteiger partial charge in [-0.15, -0.1) is 11.3 Å². The predicted molar refractivity (Wildman–Crippen MR) is 86.1 cm³/mol. The summed E-state index contributed by atoms with van der Waals surface area (Å²) >= 11 is 1.68. The molecule has 118 valence electrons. The molecular formula is C16H26N2O2S. The highest BCUT2D eigenvalue weighted by Crippen LogP contribution is 2.19. The fraction of sp³-hybridized carbons (Fsp3) is 0.688. The summed E-state index contributed by atoms with van der Waals surface area (Å²) in [5.41, 5.74) is 6.15. The average Bonchev–Trinajstić information content (AvgIpc) is 3.17. The van der Waals surface area contributed by atoms with E-state index in [2.05, 4.69) is 13.0 Å². The Morgan fingerprint density at radius 1 is 1.62 bits per heavy atom. The second-order valence-corrected chi connectivity index (χ2v) is 6.88. The standard InChI is InChI=1S/C16H26N2O2S/c1-3-12(2)15(17)16(19)18(10-13-6-4-8-20-13)11-14-7-5-9-21-14/h5,7,9,12-13,15H,3-4,6,8,10-11,17H2,1-2H3. The minimum atomic E-state index is -0.420. The van der Waals surface area contributed by atoms with Crippen LogP contribution in [0.4, 0.5) is 0 Å². The molecule has 1 aromatic heterocycles. The molecular weight excluding hydrogens is 284 g/mol. The van der Waals surface area contributed by atoms with Gasteiger partial charge >= 0.3 is 0 Å². The Morgan fingerprint density at radius 2 is 2.43 bits per heavy atom. The Labute approximate surface area is 131 Å². The first kappa shape index (κ1) is 16.5. The lowest BCUT2D eigenvalue weighted by Gasteiger charge is -2.29. The molecule has 1 aliphatic rings. The second kappa shape index (κ2) is 7.92. The van der Waals surface area contributed by atoms with Crippen molar-refractivity contribution in [2.75, 3.05) is 13.2 Å². The van der Waals surface area contributed by atoms with Crippen LogP contribution in [0.15, 0.2) is 17.5 Å². The molecule has 4 nitrogen and oxygen atoms in total. The Bertz CT molecular complexity index is 429. The molecule has 2 heterocycles. The van der Waals surface area contributed by atoms with E-state index in [1.54, 1.807) is 11.3 Å². The van der Waals surface area contributed by atoms with Gasteiger partial charge in [0.25, 0.3) is 0 Å². The van der Waals surface area contributed by atoms with Crippen LogP contribution in [-0.2, 0) is 16.1 Å². The number of nitrogens with two attached hydrogens (primary N) is 1. The van der Waals surface area contributed by atoms with Gasteiger partial charge in [-0.25, -0.2) is 0 Å². The highest BCUT2D eigenvalue weighted by Gasteiger charge is 2.28. The van der Waals surface area contributed by atoms with Gasteiger partial charge in [-0.05, 0) is 30.2 Å². The lowest BCUT2D eigenvalue weighted by atomic mass is 9.98. The zero-order chi connectivity index (χ0) is 15.2. The fourth-order valence-electron chi connectivity index (χ4n) is 2.57. The van der Waals surface area contributed by atoms with Crippen molar-refractivity contribution in [2.45, 2.75) is 51.8 Å². The molecule has 5 heteroatoms. The smallest absolute Gasteiger partial charge is 0.240 e. The van der Waals surface area contributed by atoms with E-state index in [1.807, 2.05) is 23.3 Å². The van der Waals surface area contributed by atoms with Gasteiger partial charge in [0.2, 0.25) is 5.91 Å². The molecule has 0 saturated carbocycles. The average molecular weight is 310 g/mol. The van der Waals surface area contributed by atoms with E-state index in [0.29, 0.717) is 13.1 Å². The Hall–Kier alpha value is -0.910. The quantitative estimate of drug-likeness (QED) is 0.842. The van der Waals surface area contributed by atoms with Crippen molar-refractivity contribution in [3.8, 4) is 0 Å². The molecule has 2 rings (SSSR count). The van der Waals surface area contributed by atoms with Crippen molar-refractivity contribution in [2.24, 2.45) is 11.7 Å². The number of rotatable bonds is 7. The molecule has 21 heavy (non-hydrogen) atoms. The van der Waals surface area contributed by atoms with Gasteiger partial charge in [0, 0.05) is 18.0 Å². The second-order valence-electron chi connectivity index (χ2n) is 5.84. The van der Waals surface area contributed by atoms with Crippen molar-refractivity contribution >= 4 is 17.2 Å². The summed E-state index contributed by atoms with van der Waals surface area (Å²) < 4.78 is 5.69. The zero-order valence-corrected chi connectivity index (χ0v) is 13.8. The van der Waals surface area contributed by atoms with E-state index in [9.17, 15) is 4.79 Å². The van der Waals surface area contributed by atoms with Crippen molar-refractivity contribution in [1.82, 2.24) is 4.90 Å². The number of carbonyl (C=O) groups excluding carboxylic acids is 1. The van der Waals surface area contributed by atoms with Crippen molar-refractivity contribution in [3.63, 3.8) is 0 Å². The van der Waals surface area contributed by atoms with Crippen LogP contribution in [0.25, 0.3) is 0 Å². The maximum absolute atomic E-state index is 12.7. The molecule has 1 amide bonds. The maximum atomic E-state index is 12.7. The number of carbonyl (C=O) groups is 1. The highest BCUT2D eigenvalue weighted by molar-refractivity contribution is 7.09. The lowest BCUT2D eigenvalue weighted by molar-refractivity contribution is -0.136. The van der Waals surface area contributed by atoms with Crippen LogP contribution in [0.1, 0.15) is 38.0 Å². The Balaban J connectivity index is 2.04. The predicted octanol–water partition coefficient (Wildman–Crippen LogP) is 2.63. The van der Waals surface area contributed by atoms with Crippen LogP contribution in [0.5, 0.6) is 0 Å². The molecule has 0 radical (unpaired) electrons. The van der Waals surface area contributed by atoms with E-state index in [4.69, 9.17) is 10.5 Å². The van der Waals surface area contributed by atoms with E-state index in [0.717, 1.165) is 25.9 Å². The van der Waals surface area contributed by atoms with E-state index >= 15 is 0 Å². The minimum Gasteiger partial charge on any atom is -0.376 e. The Kier molecular flexibility index (Phi) is 6.21. The van der Waals surface area contributed by atoms with E-state index in [-0.39, 0.29) is 17.9 Å². The summed E-state index contributed by atoms with van der Waals surface area (Å²) in [5, 5.41) is 2.04. The third-order valence-corrected chi connectivity index (χ3v) is 5.09. The van der Waals surface area contributed by atoms with Crippen LogP contribution >= 0.6 is 11.3 Å². The SMILES string of the molecule is CCC(C)C(N)C(=O)N(Cc1cccs1)CC1CCCO1. The molecule has 1 aromatic rings. The summed E-state index contributed by atoms with van der Waals surface area (Å²) in [7, 11) is 0. The third-order valence-electron chi connectivity index (χ3n) is 4.23. The maximum Gasteiger partial charge on any atom is 0.240 e. The lowest BCUT2D eigenvalue weighted by Crippen LogP contribution is -2.48. The van der Waals surface area contributed by atoms with Crippen LogP contribution in [-0.4, -0.2) is 36.1 Å². The van der Waals surface area contributed by atoms with Crippen molar-refractivity contribution in [1.29, 1.82) is 0 Å². The summed E-state index contributed by atoms with van der Waals surface area (Å²) in [5.74, 6) is 0.251. The molecule has 1 saturated heterocycles. The molecule has 0 aliphatic carbocycles. The fourth-order valence-corrected chi connectivity index (χ4v) is 3.28. The zero-order valence-electron chi connectivity index (χ0n) is 13.0. The van der Waals surface area contributed by atoms with Gasteiger partial charge in [0.15, 0.2) is 0 Å². The molecule has 0 bridgehead atoms. The van der Waals surface area contributed by atoms with Crippen LogP contribution in [0.2, 0.25) is 0 Å². The molecule has 3 unspecified atom stereocenters. The first-order valence-corrected chi connectivity index (χ1v) is 8.68. The summed E-state index contributed by atoms with van der Waals surface area (Å²) in [6, 6.07) is 3.66. The minimum absolute atomic E-state index is 0.0493. The van der Waals surface area contributed by atoms with Crippen molar-refractivity contribution < 1.29 is 9.53 Å². The summed E-state index contributed by atoms with van der Waals surface area (Å²) in [6.45, 7) is 6.21. The van der Waals surface area contributed by atoms with Crippen LogP contribution in [0.3, 0.4) is 0 Å². The Morgan fingerprint density at radius 3 is 3.00 bits per heavy atom. The van der Waals surface area contributed by atoms with Gasteiger partial charge in [-0.1, -0.05) is 26.3 Å². The van der Waals surface area contributed by atoms with Gasteiger partial charge in [-0.2, -0.15) is 0 Å². The number of ether oxygens (including phenoxy) is 1. The normalized spacial score (nSPS) is 21.2. The first-order chi connectivity index (χ1) is 10.1. The third kappa shape index (κ3) is 4.53. The number of hydrogen-bond acceptors (Lipinski definition) is 4.